The van der Waals surface area contributed by atoms with E-state index in [1.165, 1.54) is 5.56 Å². The van der Waals surface area contributed by atoms with Crippen LogP contribution in [0.25, 0.3) is 0 Å². The first-order chi connectivity index (χ1) is 6.38. The zero-order valence-electron chi connectivity index (χ0n) is 7.60. The molecule has 0 fully saturated rings. The topological polar surface area (TPSA) is 12.0 Å². The van der Waals surface area contributed by atoms with Gasteiger partial charge >= 0.3 is 0 Å². The minimum atomic E-state index is 0.198. The standard InChI is InChI=1S/C11H13NS/c1-2-6-11(12-9-13)10-7-4-3-5-8-10/h2-9,11H,1H3,(H,12,13)/b6-2+. The molecule has 1 aromatic rings. The summed E-state index contributed by atoms with van der Waals surface area (Å²) in [5.74, 6) is 0. The molecule has 0 saturated carbocycles. The van der Waals surface area contributed by atoms with E-state index in [-0.39, 0.29) is 6.04 Å². The highest BCUT2D eigenvalue weighted by atomic mass is 32.1. The fraction of sp³-hybridized carbons (Fsp3) is 0.182. The van der Waals surface area contributed by atoms with E-state index in [0.717, 1.165) is 0 Å². The fourth-order valence-electron chi connectivity index (χ4n) is 1.19. The van der Waals surface area contributed by atoms with E-state index in [2.05, 4.69) is 23.5 Å². The molecule has 0 aliphatic rings. The third-order valence-electron chi connectivity index (χ3n) is 1.79. The lowest BCUT2D eigenvalue weighted by Crippen LogP contribution is -2.16. The smallest absolute Gasteiger partial charge is 0.0700 e. The maximum atomic E-state index is 4.77. The van der Waals surface area contributed by atoms with E-state index in [4.69, 9.17) is 12.2 Å². The molecule has 0 radical (unpaired) electrons. The Bertz CT molecular complexity index is 279. The predicted octanol–water partition coefficient (Wildman–Crippen LogP) is 2.85. The molecule has 1 N–H and O–H groups in total. The molecule has 1 nitrogen and oxygen atoms in total. The first-order valence-corrected chi connectivity index (χ1v) is 4.73. The van der Waals surface area contributed by atoms with Crippen LogP contribution >= 0.6 is 12.2 Å². The van der Waals surface area contributed by atoms with Crippen molar-refractivity contribution in [1.82, 2.24) is 5.32 Å². The normalized spacial score (nSPS) is 12.7. The van der Waals surface area contributed by atoms with Crippen LogP contribution < -0.4 is 5.32 Å². The average molecular weight is 191 g/mol. The second-order valence-corrected chi connectivity index (χ2v) is 2.93. The van der Waals surface area contributed by atoms with Gasteiger partial charge in [-0.25, -0.2) is 0 Å². The van der Waals surface area contributed by atoms with Crippen LogP contribution in [0.4, 0.5) is 0 Å². The van der Waals surface area contributed by atoms with Crippen LogP contribution in [0, 0.1) is 0 Å². The average Bonchev–Trinajstić information content (AvgIpc) is 2.19. The first-order valence-electron chi connectivity index (χ1n) is 4.26. The van der Waals surface area contributed by atoms with Crippen LogP contribution in [0.1, 0.15) is 18.5 Å². The lowest BCUT2D eigenvalue weighted by atomic mass is 10.1. The summed E-state index contributed by atoms with van der Waals surface area (Å²) in [6.07, 6.45) is 4.10. The van der Waals surface area contributed by atoms with E-state index < -0.39 is 0 Å². The monoisotopic (exact) mass is 191 g/mol. The van der Waals surface area contributed by atoms with Crippen molar-refractivity contribution in [2.24, 2.45) is 0 Å². The highest BCUT2D eigenvalue weighted by Crippen LogP contribution is 2.12. The van der Waals surface area contributed by atoms with Gasteiger partial charge in [0.1, 0.15) is 0 Å². The Morgan fingerprint density at radius 1 is 1.31 bits per heavy atom. The Labute approximate surface area is 84.5 Å². The predicted molar refractivity (Wildman–Crippen MR) is 60.8 cm³/mol. The molecule has 0 aromatic heterocycles. The largest absolute Gasteiger partial charge is 0.372 e. The summed E-state index contributed by atoms with van der Waals surface area (Å²) in [6, 6.07) is 10.4. The number of allylic oxidation sites excluding steroid dienone is 1. The van der Waals surface area contributed by atoms with Crippen LogP contribution in [0.5, 0.6) is 0 Å². The summed E-state index contributed by atoms with van der Waals surface area (Å²) in [7, 11) is 0. The van der Waals surface area contributed by atoms with Crippen LogP contribution in [-0.2, 0) is 0 Å². The van der Waals surface area contributed by atoms with E-state index in [9.17, 15) is 0 Å². The zero-order chi connectivity index (χ0) is 9.52. The van der Waals surface area contributed by atoms with Gasteiger partial charge < -0.3 is 5.32 Å². The van der Waals surface area contributed by atoms with Crippen LogP contribution in [-0.4, -0.2) is 5.49 Å². The SMILES string of the molecule is C/C=C/C(NC=S)c1ccccc1. The molecule has 0 heterocycles. The number of hydrogen-bond donors (Lipinski definition) is 1. The summed E-state index contributed by atoms with van der Waals surface area (Å²) in [4.78, 5) is 0. The van der Waals surface area contributed by atoms with Gasteiger partial charge in [0.05, 0.1) is 11.5 Å². The molecular formula is C11H13NS. The number of hydrogen-bond acceptors (Lipinski definition) is 1. The number of thiocarbonyl (C=S) groups is 1. The number of benzene rings is 1. The van der Waals surface area contributed by atoms with E-state index in [1.54, 1.807) is 5.49 Å². The lowest BCUT2D eigenvalue weighted by molar-refractivity contribution is 0.810. The molecule has 0 saturated heterocycles. The van der Waals surface area contributed by atoms with Gasteiger partial charge in [0.2, 0.25) is 0 Å². The second kappa shape index (κ2) is 5.49. The van der Waals surface area contributed by atoms with Crippen LogP contribution in [0.15, 0.2) is 42.5 Å². The van der Waals surface area contributed by atoms with Crippen molar-refractivity contribution in [2.75, 3.05) is 0 Å². The molecule has 13 heavy (non-hydrogen) atoms. The van der Waals surface area contributed by atoms with Gasteiger partial charge in [-0.2, -0.15) is 0 Å². The molecule has 0 aliphatic carbocycles. The van der Waals surface area contributed by atoms with Crippen molar-refractivity contribution >= 4 is 17.7 Å². The van der Waals surface area contributed by atoms with Gasteiger partial charge in [0.15, 0.2) is 0 Å². The van der Waals surface area contributed by atoms with Gasteiger partial charge in [-0.3, -0.25) is 0 Å². The van der Waals surface area contributed by atoms with Crippen LogP contribution in [0.3, 0.4) is 0 Å². The Balaban J connectivity index is 2.81. The molecule has 2 heteroatoms. The van der Waals surface area contributed by atoms with Crippen molar-refractivity contribution in [3.8, 4) is 0 Å². The van der Waals surface area contributed by atoms with Gasteiger partial charge in [-0.05, 0) is 12.5 Å². The van der Waals surface area contributed by atoms with Gasteiger partial charge in [-0.15, -0.1) is 0 Å². The highest BCUT2D eigenvalue weighted by Gasteiger charge is 2.02. The first kappa shape index (κ1) is 9.93. The fourth-order valence-corrected chi connectivity index (χ4v) is 1.34. The molecule has 0 spiro atoms. The number of rotatable bonds is 4. The van der Waals surface area contributed by atoms with Gasteiger partial charge in [-0.1, -0.05) is 54.7 Å². The molecule has 0 aliphatic heterocycles. The van der Waals surface area contributed by atoms with Crippen molar-refractivity contribution in [2.45, 2.75) is 13.0 Å². The summed E-state index contributed by atoms with van der Waals surface area (Å²) in [6.45, 7) is 2.00. The Morgan fingerprint density at radius 3 is 2.54 bits per heavy atom. The highest BCUT2D eigenvalue weighted by molar-refractivity contribution is 7.78. The molecule has 1 rings (SSSR count). The summed E-state index contributed by atoms with van der Waals surface area (Å²) in [5.41, 5.74) is 2.78. The van der Waals surface area contributed by atoms with Crippen LogP contribution in [0.2, 0.25) is 0 Å². The number of nitrogens with one attached hydrogen (secondary N) is 1. The molecule has 68 valence electrons. The van der Waals surface area contributed by atoms with E-state index in [1.807, 2.05) is 31.2 Å². The third kappa shape index (κ3) is 2.99. The molecule has 0 amide bonds. The van der Waals surface area contributed by atoms with Crippen molar-refractivity contribution in [1.29, 1.82) is 0 Å². The third-order valence-corrected chi connectivity index (χ3v) is 1.93. The summed E-state index contributed by atoms with van der Waals surface area (Å²) in [5, 5.41) is 3.10. The second-order valence-electron chi connectivity index (χ2n) is 2.70. The minimum Gasteiger partial charge on any atom is -0.372 e. The molecule has 1 aromatic carbocycles. The Morgan fingerprint density at radius 2 is 2.00 bits per heavy atom. The zero-order valence-corrected chi connectivity index (χ0v) is 8.42. The van der Waals surface area contributed by atoms with Crippen molar-refractivity contribution in [3.05, 3.63) is 48.0 Å². The molecule has 0 bridgehead atoms. The quantitative estimate of drug-likeness (QED) is 0.580. The maximum Gasteiger partial charge on any atom is 0.0700 e. The molecule has 1 atom stereocenters. The Hall–Kier alpha value is -1.15. The van der Waals surface area contributed by atoms with E-state index >= 15 is 0 Å². The summed E-state index contributed by atoms with van der Waals surface area (Å²) >= 11 is 4.77. The molecule has 1 unspecified atom stereocenters. The Kier molecular flexibility index (Phi) is 4.19. The van der Waals surface area contributed by atoms with Crippen molar-refractivity contribution in [3.63, 3.8) is 0 Å². The maximum absolute atomic E-state index is 4.77. The van der Waals surface area contributed by atoms with Gasteiger partial charge in [0.25, 0.3) is 0 Å². The lowest BCUT2D eigenvalue weighted by Gasteiger charge is -2.12. The molecular weight excluding hydrogens is 178 g/mol. The van der Waals surface area contributed by atoms with Gasteiger partial charge in [0, 0.05) is 0 Å². The van der Waals surface area contributed by atoms with E-state index in [0.29, 0.717) is 0 Å². The van der Waals surface area contributed by atoms with Crippen molar-refractivity contribution < 1.29 is 0 Å². The minimum absolute atomic E-state index is 0.198. The summed E-state index contributed by atoms with van der Waals surface area (Å²) < 4.78 is 0.